The minimum atomic E-state index is -3.35. The van der Waals surface area contributed by atoms with E-state index in [0.717, 1.165) is 21.6 Å². The van der Waals surface area contributed by atoms with Crippen LogP contribution in [0.2, 0.25) is 0 Å². The summed E-state index contributed by atoms with van der Waals surface area (Å²) in [7, 11) is -1.51. The van der Waals surface area contributed by atoms with Crippen LogP contribution in [0.5, 0.6) is 0 Å². The Morgan fingerprint density at radius 2 is 2.06 bits per heavy atom. The van der Waals surface area contributed by atoms with Crippen LogP contribution in [0, 0.1) is 6.92 Å². The Kier molecular flexibility index (Phi) is 7.86. The minimum absolute atomic E-state index is 0. The molecule has 0 saturated carbocycles. The Hall–Kier alpha value is 0.340. The van der Waals surface area contributed by atoms with Gasteiger partial charge in [-0.25, -0.2) is 13.1 Å². The molecule has 1 rings (SSSR count). The molecule has 0 bridgehead atoms. The van der Waals surface area contributed by atoms with Crippen molar-refractivity contribution in [3.63, 3.8) is 0 Å². The lowest BCUT2D eigenvalue weighted by molar-refractivity contribution is 0.577. The number of hydrogen-bond donors (Lipinski definition) is 2. The third-order valence-corrected chi connectivity index (χ3v) is 5.30. The quantitative estimate of drug-likeness (QED) is 0.761. The molecule has 100 valence electrons. The maximum Gasteiger partial charge on any atom is 0.241 e. The lowest BCUT2D eigenvalue weighted by Gasteiger charge is -2.05. The van der Waals surface area contributed by atoms with Crippen LogP contribution in [0.15, 0.2) is 14.7 Å². The molecule has 0 fully saturated rings. The Bertz CT molecular complexity index is 448. The van der Waals surface area contributed by atoms with Crippen molar-refractivity contribution in [1.29, 1.82) is 0 Å². The minimum Gasteiger partial charge on any atom is -0.320 e. The first-order valence-electron chi connectivity index (χ1n) is 4.87. The second kappa shape index (κ2) is 7.70. The van der Waals surface area contributed by atoms with Crippen LogP contribution in [-0.4, -0.2) is 28.6 Å². The number of hydrogen-bond acceptors (Lipinski definition) is 4. The van der Waals surface area contributed by atoms with Gasteiger partial charge in [0.2, 0.25) is 10.0 Å². The highest BCUT2D eigenvalue weighted by atomic mass is 79.9. The number of rotatable bonds is 6. The van der Waals surface area contributed by atoms with Crippen LogP contribution in [0.3, 0.4) is 0 Å². The van der Waals surface area contributed by atoms with Crippen molar-refractivity contribution in [2.75, 3.05) is 20.1 Å². The lowest BCUT2D eigenvalue weighted by Crippen LogP contribution is -2.26. The molecule has 0 radical (unpaired) electrons. The van der Waals surface area contributed by atoms with Crippen LogP contribution in [-0.2, 0) is 10.0 Å². The van der Waals surface area contributed by atoms with Gasteiger partial charge in [-0.3, -0.25) is 0 Å². The van der Waals surface area contributed by atoms with Crippen LogP contribution in [0.4, 0.5) is 0 Å². The largest absolute Gasteiger partial charge is 0.320 e. The van der Waals surface area contributed by atoms with Crippen LogP contribution in [0.25, 0.3) is 0 Å². The van der Waals surface area contributed by atoms with Gasteiger partial charge >= 0.3 is 0 Å². The maximum atomic E-state index is 11.9. The van der Waals surface area contributed by atoms with Gasteiger partial charge in [0.05, 0.1) is 8.68 Å². The Balaban J connectivity index is 0.00000256. The molecule has 0 amide bonds. The van der Waals surface area contributed by atoms with Crippen LogP contribution in [0.1, 0.15) is 11.3 Å². The van der Waals surface area contributed by atoms with E-state index < -0.39 is 10.0 Å². The van der Waals surface area contributed by atoms with Crippen molar-refractivity contribution < 1.29 is 8.42 Å². The third-order valence-electron chi connectivity index (χ3n) is 2.03. The molecule has 17 heavy (non-hydrogen) atoms. The summed E-state index contributed by atoms with van der Waals surface area (Å²) in [5.41, 5.74) is 0. The first-order chi connectivity index (χ1) is 7.47. The lowest BCUT2D eigenvalue weighted by atomic mass is 10.4. The average molecular weight is 364 g/mol. The molecule has 1 aromatic heterocycles. The summed E-state index contributed by atoms with van der Waals surface area (Å²) in [5, 5.41) is 2.97. The number of thiophene rings is 1. The van der Waals surface area contributed by atoms with E-state index in [0.29, 0.717) is 11.4 Å². The maximum absolute atomic E-state index is 11.9. The summed E-state index contributed by atoms with van der Waals surface area (Å²) in [4.78, 5) is 1.17. The van der Waals surface area contributed by atoms with Gasteiger partial charge in [0.1, 0.15) is 0 Å². The molecule has 0 atom stereocenters. The molecule has 0 saturated heterocycles. The van der Waals surface area contributed by atoms with E-state index >= 15 is 0 Å². The first-order valence-corrected chi connectivity index (χ1v) is 7.97. The molecule has 0 spiro atoms. The summed E-state index contributed by atoms with van der Waals surface area (Å²) in [5.74, 6) is 0. The molecule has 8 heteroatoms. The molecule has 1 aromatic rings. The zero-order valence-corrected chi connectivity index (χ0v) is 13.7. The van der Waals surface area contributed by atoms with Gasteiger partial charge in [0.15, 0.2) is 0 Å². The predicted molar refractivity (Wildman–Crippen MR) is 77.7 cm³/mol. The zero-order valence-electron chi connectivity index (χ0n) is 9.62. The third kappa shape index (κ3) is 5.23. The standard InChI is InChI=1S/C9H15BrN2O2S2.ClH/c1-7-8(6-9(10)15-7)16(13,14)12-5-3-4-11-2;/h6,11-12H,3-5H2,1-2H3;1H. The van der Waals surface area contributed by atoms with Crippen molar-refractivity contribution in [3.05, 3.63) is 14.7 Å². The Morgan fingerprint density at radius 1 is 1.41 bits per heavy atom. The fourth-order valence-corrected chi connectivity index (χ4v) is 4.73. The topological polar surface area (TPSA) is 58.2 Å². The van der Waals surface area contributed by atoms with Crippen molar-refractivity contribution >= 4 is 49.7 Å². The van der Waals surface area contributed by atoms with Crippen LogP contribution < -0.4 is 10.0 Å². The molecular weight excluding hydrogens is 348 g/mol. The van der Waals surface area contributed by atoms with Gasteiger partial charge in [-0.05, 0) is 48.9 Å². The normalized spacial score (nSPS) is 11.2. The predicted octanol–water partition coefficient (Wildman–Crippen LogP) is 2.13. The summed E-state index contributed by atoms with van der Waals surface area (Å²) < 4.78 is 27.2. The molecule has 4 nitrogen and oxygen atoms in total. The van der Waals surface area contributed by atoms with Gasteiger partial charge in [-0.15, -0.1) is 23.7 Å². The van der Waals surface area contributed by atoms with Gasteiger partial charge in [-0.1, -0.05) is 0 Å². The fourth-order valence-electron chi connectivity index (χ4n) is 1.25. The second-order valence-corrected chi connectivity index (χ2v) is 7.70. The Morgan fingerprint density at radius 3 is 2.53 bits per heavy atom. The highest BCUT2D eigenvalue weighted by Gasteiger charge is 2.18. The summed E-state index contributed by atoms with van der Waals surface area (Å²) >= 11 is 4.71. The van der Waals surface area contributed by atoms with Crippen molar-refractivity contribution in [1.82, 2.24) is 10.0 Å². The van der Waals surface area contributed by atoms with E-state index in [2.05, 4.69) is 26.0 Å². The summed E-state index contributed by atoms with van der Waals surface area (Å²) in [6.45, 7) is 3.06. The smallest absolute Gasteiger partial charge is 0.241 e. The van der Waals surface area contributed by atoms with Crippen molar-refractivity contribution in [2.24, 2.45) is 0 Å². The van der Waals surface area contributed by atoms with E-state index in [-0.39, 0.29) is 12.4 Å². The summed E-state index contributed by atoms with van der Waals surface area (Å²) in [6.07, 6.45) is 0.778. The van der Waals surface area contributed by atoms with Crippen LogP contribution >= 0.6 is 39.7 Å². The molecular formula is C9H16BrClN2O2S2. The van der Waals surface area contributed by atoms with Gasteiger partial charge < -0.3 is 5.32 Å². The molecule has 0 aliphatic carbocycles. The van der Waals surface area contributed by atoms with E-state index in [9.17, 15) is 8.42 Å². The van der Waals surface area contributed by atoms with Crippen molar-refractivity contribution in [3.8, 4) is 0 Å². The number of aryl methyl sites for hydroxylation is 1. The van der Waals surface area contributed by atoms with Crippen molar-refractivity contribution in [2.45, 2.75) is 18.2 Å². The van der Waals surface area contributed by atoms with E-state index in [1.165, 1.54) is 11.3 Å². The summed E-state index contributed by atoms with van der Waals surface area (Å²) in [6, 6.07) is 1.64. The molecule has 0 unspecified atom stereocenters. The molecule has 2 N–H and O–H groups in total. The van der Waals surface area contributed by atoms with E-state index in [1.54, 1.807) is 13.0 Å². The average Bonchev–Trinajstić information content (AvgIpc) is 2.53. The van der Waals surface area contributed by atoms with E-state index in [1.807, 2.05) is 7.05 Å². The Labute approximate surface area is 121 Å². The highest BCUT2D eigenvalue weighted by molar-refractivity contribution is 9.11. The van der Waals surface area contributed by atoms with Gasteiger partial charge in [0, 0.05) is 11.4 Å². The molecule has 1 heterocycles. The zero-order chi connectivity index (χ0) is 12.2. The second-order valence-electron chi connectivity index (χ2n) is 3.33. The monoisotopic (exact) mass is 362 g/mol. The van der Waals surface area contributed by atoms with Gasteiger partial charge in [0.25, 0.3) is 0 Å². The van der Waals surface area contributed by atoms with Gasteiger partial charge in [-0.2, -0.15) is 0 Å². The first kappa shape index (κ1) is 17.3. The number of halogens is 2. The SMILES string of the molecule is CNCCCNS(=O)(=O)c1cc(Br)sc1C.Cl. The molecule has 0 aliphatic rings. The van der Waals surface area contributed by atoms with E-state index in [4.69, 9.17) is 0 Å². The number of sulfonamides is 1. The molecule has 0 aromatic carbocycles. The number of nitrogens with one attached hydrogen (secondary N) is 2. The fraction of sp³-hybridized carbons (Fsp3) is 0.556. The molecule has 0 aliphatic heterocycles. The highest BCUT2D eigenvalue weighted by Crippen LogP contribution is 2.29.